The highest BCUT2D eigenvalue weighted by Gasteiger charge is 2.28. The molecule has 0 spiro atoms. The minimum atomic E-state index is -0.349. The zero-order valence-corrected chi connectivity index (χ0v) is 14.6. The second-order valence-electron chi connectivity index (χ2n) is 5.88. The molecule has 23 heavy (non-hydrogen) atoms. The number of carbonyl (C=O) groups excluding carboxylic acids is 2. The van der Waals surface area contributed by atoms with Crippen LogP contribution in [0.15, 0.2) is 23.1 Å². The first-order chi connectivity index (χ1) is 11.0. The van der Waals surface area contributed by atoms with E-state index in [0.717, 1.165) is 42.5 Å². The Bertz CT molecular complexity index is 690. The van der Waals surface area contributed by atoms with Crippen molar-refractivity contribution < 1.29 is 9.59 Å². The quantitative estimate of drug-likeness (QED) is 0.849. The van der Waals surface area contributed by atoms with Gasteiger partial charge in [-0.05, 0) is 44.4 Å². The number of thioether (sulfide) groups is 1. The van der Waals surface area contributed by atoms with E-state index in [9.17, 15) is 9.59 Å². The van der Waals surface area contributed by atoms with E-state index in [1.807, 2.05) is 18.2 Å². The maximum absolute atomic E-state index is 11.8. The lowest BCUT2D eigenvalue weighted by atomic mass is 10.1. The monoisotopic (exact) mass is 351 g/mol. The number of anilines is 1. The van der Waals surface area contributed by atoms with Gasteiger partial charge >= 0.3 is 0 Å². The van der Waals surface area contributed by atoms with Crippen molar-refractivity contribution in [1.82, 2.24) is 10.2 Å². The van der Waals surface area contributed by atoms with Crippen LogP contribution in [-0.4, -0.2) is 49.3 Å². The molecule has 2 saturated heterocycles. The molecule has 2 fully saturated rings. The molecule has 2 amide bonds. The summed E-state index contributed by atoms with van der Waals surface area (Å²) in [5.41, 5.74) is 1.79. The highest BCUT2D eigenvalue weighted by molar-refractivity contribution is 8.18. The number of para-hydroxylation sites is 1. The summed E-state index contributed by atoms with van der Waals surface area (Å²) in [7, 11) is 4.16. The number of benzene rings is 1. The normalized spacial score (nSPS) is 23.2. The fourth-order valence-electron chi connectivity index (χ4n) is 2.91. The van der Waals surface area contributed by atoms with Crippen molar-refractivity contribution in [3.63, 3.8) is 0 Å². The van der Waals surface area contributed by atoms with Crippen LogP contribution in [0.3, 0.4) is 0 Å². The molecule has 5 nitrogen and oxygen atoms in total. The van der Waals surface area contributed by atoms with E-state index in [-0.39, 0.29) is 11.1 Å². The van der Waals surface area contributed by atoms with Crippen molar-refractivity contribution in [2.75, 3.05) is 32.1 Å². The van der Waals surface area contributed by atoms with E-state index in [1.165, 1.54) is 0 Å². The first-order valence-electron chi connectivity index (χ1n) is 7.40. The average Bonchev–Trinajstić information content (AvgIpc) is 3.07. The summed E-state index contributed by atoms with van der Waals surface area (Å²) in [5, 5.41) is 2.60. The molecule has 0 bridgehead atoms. The van der Waals surface area contributed by atoms with Crippen molar-refractivity contribution >= 4 is 46.3 Å². The second-order valence-corrected chi connectivity index (χ2v) is 7.30. The molecule has 1 aromatic rings. The number of hydrogen-bond donors (Lipinski definition) is 1. The van der Waals surface area contributed by atoms with Gasteiger partial charge in [0.15, 0.2) is 0 Å². The number of carbonyl (C=O) groups is 2. The summed E-state index contributed by atoms with van der Waals surface area (Å²) in [4.78, 5) is 28.0. The van der Waals surface area contributed by atoms with E-state index < -0.39 is 0 Å². The highest BCUT2D eigenvalue weighted by Crippen LogP contribution is 2.36. The average molecular weight is 352 g/mol. The number of nitrogens with zero attached hydrogens (tertiary/aromatic N) is 2. The molecule has 7 heteroatoms. The van der Waals surface area contributed by atoms with Crippen LogP contribution in [-0.2, 0) is 4.79 Å². The lowest BCUT2D eigenvalue weighted by Crippen LogP contribution is -2.31. The summed E-state index contributed by atoms with van der Waals surface area (Å²) in [5.74, 6) is -0.349. The molecule has 2 aliphatic heterocycles. The van der Waals surface area contributed by atoms with Crippen LogP contribution in [0.1, 0.15) is 12.0 Å². The van der Waals surface area contributed by atoms with Crippen molar-refractivity contribution in [2.45, 2.75) is 12.5 Å². The van der Waals surface area contributed by atoms with Gasteiger partial charge < -0.3 is 9.80 Å². The fraction of sp³-hybridized carbons (Fsp3) is 0.375. The number of nitrogens with one attached hydrogen (secondary N) is 1. The topological polar surface area (TPSA) is 52.6 Å². The van der Waals surface area contributed by atoms with Gasteiger partial charge in [-0.2, -0.15) is 0 Å². The van der Waals surface area contributed by atoms with Crippen molar-refractivity contribution in [1.29, 1.82) is 0 Å². The van der Waals surface area contributed by atoms with Crippen LogP contribution < -0.4 is 10.2 Å². The third-order valence-corrected chi connectivity index (χ3v) is 5.27. The van der Waals surface area contributed by atoms with Crippen molar-refractivity contribution in [2.24, 2.45) is 0 Å². The first kappa shape index (κ1) is 16.4. The van der Waals surface area contributed by atoms with Crippen LogP contribution in [0.2, 0.25) is 5.02 Å². The molecule has 1 aromatic carbocycles. The van der Waals surface area contributed by atoms with Gasteiger partial charge in [-0.25, -0.2) is 0 Å². The third-order valence-electron chi connectivity index (χ3n) is 4.16. The summed E-state index contributed by atoms with van der Waals surface area (Å²) in [6.45, 7) is 1.81. The Kier molecular flexibility index (Phi) is 4.66. The first-order valence-corrected chi connectivity index (χ1v) is 8.60. The predicted molar refractivity (Wildman–Crippen MR) is 94.9 cm³/mol. The molecule has 1 N–H and O–H groups in total. The zero-order chi connectivity index (χ0) is 16.6. The molecule has 0 aliphatic carbocycles. The molecule has 3 rings (SSSR count). The van der Waals surface area contributed by atoms with Crippen molar-refractivity contribution in [3.05, 3.63) is 33.7 Å². The van der Waals surface area contributed by atoms with Crippen LogP contribution in [0.25, 0.3) is 6.08 Å². The molecule has 0 saturated carbocycles. The lowest BCUT2D eigenvalue weighted by Gasteiger charge is -2.24. The maximum atomic E-state index is 11.8. The minimum Gasteiger partial charge on any atom is -0.368 e. The Balaban J connectivity index is 1.94. The number of imide groups is 1. The van der Waals surface area contributed by atoms with Gasteiger partial charge in [0.2, 0.25) is 0 Å². The molecule has 1 unspecified atom stereocenters. The van der Waals surface area contributed by atoms with Gasteiger partial charge in [-0.1, -0.05) is 23.7 Å². The van der Waals surface area contributed by atoms with Crippen LogP contribution in [0.4, 0.5) is 10.5 Å². The van der Waals surface area contributed by atoms with E-state index in [0.29, 0.717) is 16.0 Å². The molecule has 0 radical (unpaired) electrons. The second kappa shape index (κ2) is 6.55. The lowest BCUT2D eigenvalue weighted by molar-refractivity contribution is -0.115. The summed E-state index contributed by atoms with van der Waals surface area (Å²) < 4.78 is 0. The molecule has 2 heterocycles. The van der Waals surface area contributed by atoms with Gasteiger partial charge in [0.05, 0.1) is 15.6 Å². The fourth-order valence-corrected chi connectivity index (χ4v) is 3.89. The van der Waals surface area contributed by atoms with Gasteiger partial charge in [-0.3, -0.25) is 14.9 Å². The Morgan fingerprint density at radius 1 is 1.39 bits per heavy atom. The standard InChI is InChI=1S/C16H18ClN3O2S/c1-19(2)11-6-7-20(9-11)14-10(4-3-5-12(14)17)8-13-15(21)18-16(22)23-13/h3-5,8,11H,6-7,9H2,1-2H3,(H,18,21,22)/b13-8+. The third kappa shape index (κ3) is 3.39. The molecule has 1 atom stereocenters. The van der Waals surface area contributed by atoms with E-state index in [4.69, 9.17) is 11.6 Å². The SMILES string of the molecule is CN(C)C1CCN(c2c(Cl)cccc2/C=C2/SC(=O)NC2=O)C1. The highest BCUT2D eigenvalue weighted by atomic mass is 35.5. The molecule has 0 aromatic heterocycles. The summed E-state index contributed by atoms with van der Waals surface area (Å²) in [6.07, 6.45) is 2.82. The Hall–Kier alpha value is -1.50. The number of rotatable bonds is 3. The molecule has 122 valence electrons. The van der Waals surface area contributed by atoms with Gasteiger partial charge in [0, 0.05) is 24.7 Å². The van der Waals surface area contributed by atoms with Crippen LogP contribution in [0, 0.1) is 0 Å². The Morgan fingerprint density at radius 3 is 2.78 bits per heavy atom. The number of hydrogen-bond acceptors (Lipinski definition) is 5. The minimum absolute atomic E-state index is 0.335. The largest absolute Gasteiger partial charge is 0.368 e. The van der Waals surface area contributed by atoms with Gasteiger partial charge in [-0.15, -0.1) is 0 Å². The van der Waals surface area contributed by atoms with Gasteiger partial charge in [0.1, 0.15) is 0 Å². The molecular formula is C16H18ClN3O2S. The van der Waals surface area contributed by atoms with Crippen molar-refractivity contribution in [3.8, 4) is 0 Å². The smallest absolute Gasteiger partial charge is 0.290 e. The van der Waals surface area contributed by atoms with Crippen LogP contribution in [0.5, 0.6) is 0 Å². The molecular weight excluding hydrogens is 334 g/mol. The summed E-state index contributed by atoms with van der Waals surface area (Å²) in [6, 6.07) is 6.12. The molecule has 2 aliphatic rings. The van der Waals surface area contributed by atoms with E-state index >= 15 is 0 Å². The number of likely N-dealkylation sites (N-methyl/N-ethyl adjacent to an activating group) is 1. The van der Waals surface area contributed by atoms with Crippen LogP contribution >= 0.6 is 23.4 Å². The van der Waals surface area contributed by atoms with Gasteiger partial charge in [0.25, 0.3) is 11.1 Å². The Morgan fingerprint density at radius 2 is 2.17 bits per heavy atom. The number of halogens is 1. The van der Waals surface area contributed by atoms with E-state index in [1.54, 1.807) is 6.08 Å². The maximum Gasteiger partial charge on any atom is 0.290 e. The predicted octanol–water partition coefficient (Wildman–Crippen LogP) is 2.80. The zero-order valence-electron chi connectivity index (χ0n) is 13.0. The number of amides is 2. The summed E-state index contributed by atoms with van der Waals surface area (Å²) >= 11 is 7.35. The Labute approximate surface area is 144 Å². The van der Waals surface area contributed by atoms with E-state index in [2.05, 4.69) is 29.2 Å².